The zero-order chi connectivity index (χ0) is 27.9. The quantitative estimate of drug-likeness (QED) is 0.182. The van der Waals surface area contributed by atoms with Gasteiger partial charge in [-0.1, -0.05) is 25.0 Å². The van der Waals surface area contributed by atoms with Crippen molar-refractivity contribution in [2.75, 3.05) is 32.1 Å². The number of aryl methyl sites for hydroxylation is 1. The van der Waals surface area contributed by atoms with Gasteiger partial charge in [0.25, 0.3) is 5.91 Å². The number of rotatable bonds is 10. The van der Waals surface area contributed by atoms with Gasteiger partial charge in [-0.05, 0) is 95.5 Å². The molecule has 4 rings (SSSR count). The first-order valence-electron chi connectivity index (χ1n) is 13.9. The summed E-state index contributed by atoms with van der Waals surface area (Å²) in [6.07, 6.45) is 6.85. The molecule has 0 unspecified atom stereocenters. The maximum atomic E-state index is 13.2. The summed E-state index contributed by atoms with van der Waals surface area (Å²) in [5.41, 5.74) is 3.33. The molecule has 208 valence electrons. The summed E-state index contributed by atoms with van der Waals surface area (Å²) in [6, 6.07) is 10.8. The van der Waals surface area contributed by atoms with Gasteiger partial charge in [0, 0.05) is 29.6 Å². The smallest absolute Gasteiger partial charge is 0.360 e. The molecule has 1 N–H and O–H groups in total. The van der Waals surface area contributed by atoms with E-state index in [2.05, 4.69) is 30.3 Å². The molecule has 3 aromatic rings. The van der Waals surface area contributed by atoms with Crippen molar-refractivity contribution in [1.29, 1.82) is 0 Å². The molecular weight excluding hydrogens is 492 g/mol. The number of hydrogen-bond donors (Lipinski definition) is 1. The molecule has 0 spiro atoms. The molecule has 0 bridgehead atoms. The number of piperidine rings is 1. The maximum Gasteiger partial charge on any atom is 0.360 e. The van der Waals surface area contributed by atoms with E-state index in [-0.39, 0.29) is 17.7 Å². The molecule has 2 heterocycles. The summed E-state index contributed by atoms with van der Waals surface area (Å²) in [5, 5.41) is 3.47. The monoisotopic (exact) mass is 532 g/mol. The number of nitrogens with zero attached hydrogens (tertiary/aromatic N) is 1. The van der Waals surface area contributed by atoms with E-state index in [9.17, 15) is 9.59 Å². The zero-order valence-corrected chi connectivity index (χ0v) is 23.8. The van der Waals surface area contributed by atoms with E-state index in [4.69, 9.17) is 13.9 Å². The fourth-order valence-corrected chi connectivity index (χ4v) is 4.66. The van der Waals surface area contributed by atoms with Crippen LogP contribution in [-0.4, -0.2) is 43.7 Å². The minimum absolute atomic E-state index is 0.102. The van der Waals surface area contributed by atoms with Gasteiger partial charge in [-0.2, -0.15) is 0 Å². The summed E-state index contributed by atoms with van der Waals surface area (Å²) in [7, 11) is 2.12. The Labute approximate surface area is 230 Å². The molecule has 0 saturated carbocycles. The molecule has 1 aromatic heterocycles. The van der Waals surface area contributed by atoms with Crippen molar-refractivity contribution in [2.24, 2.45) is 0 Å². The number of carbonyl (C=O) groups is 1. The molecule has 7 nitrogen and oxygen atoms in total. The van der Waals surface area contributed by atoms with E-state index in [0.717, 1.165) is 66.8 Å². The lowest BCUT2D eigenvalue weighted by Gasteiger charge is -2.29. The van der Waals surface area contributed by atoms with Gasteiger partial charge >= 0.3 is 5.63 Å². The van der Waals surface area contributed by atoms with Crippen LogP contribution in [-0.2, 0) is 6.42 Å². The number of ether oxygens (including phenoxy) is 2. The van der Waals surface area contributed by atoms with Crippen molar-refractivity contribution in [3.05, 3.63) is 75.2 Å². The van der Waals surface area contributed by atoms with Gasteiger partial charge in [-0.25, -0.2) is 4.79 Å². The highest BCUT2D eigenvalue weighted by atomic mass is 16.5. The predicted molar refractivity (Wildman–Crippen MR) is 156 cm³/mol. The first-order valence-corrected chi connectivity index (χ1v) is 13.9. The zero-order valence-electron chi connectivity index (χ0n) is 23.8. The Morgan fingerprint density at radius 2 is 1.87 bits per heavy atom. The number of unbranched alkanes of at least 4 members (excludes halogenated alkanes) is 1. The third kappa shape index (κ3) is 7.30. The van der Waals surface area contributed by atoms with Crippen LogP contribution in [0.15, 0.2) is 57.3 Å². The second-order valence-corrected chi connectivity index (χ2v) is 10.6. The van der Waals surface area contributed by atoms with Gasteiger partial charge in [-0.3, -0.25) is 4.79 Å². The highest BCUT2D eigenvalue weighted by Gasteiger charge is 2.20. The van der Waals surface area contributed by atoms with E-state index < -0.39 is 5.63 Å². The van der Waals surface area contributed by atoms with Crippen LogP contribution in [0, 0.1) is 6.92 Å². The van der Waals surface area contributed by atoms with Crippen molar-refractivity contribution >= 4 is 22.6 Å². The van der Waals surface area contributed by atoms with E-state index in [1.807, 2.05) is 45.0 Å². The molecule has 1 fully saturated rings. The molecule has 0 atom stereocenters. The number of anilines is 1. The number of amides is 1. The summed E-state index contributed by atoms with van der Waals surface area (Å²) < 4.78 is 17.9. The van der Waals surface area contributed by atoms with Crippen LogP contribution in [0.3, 0.4) is 0 Å². The molecule has 0 radical (unpaired) electrons. The number of fused-ring (bicyclic) bond motifs is 1. The number of likely N-dealkylation sites (tertiary alicyclic amines) is 1. The fraction of sp³-hybridized carbons (Fsp3) is 0.438. The first-order chi connectivity index (χ1) is 18.7. The van der Waals surface area contributed by atoms with Crippen molar-refractivity contribution in [3.8, 4) is 11.5 Å². The Bertz CT molecular complexity index is 1400. The molecular formula is C32H40N2O5. The minimum Gasteiger partial charge on any atom is -0.493 e. The third-order valence-corrected chi connectivity index (χ3v) is 7.12. The van der Waals surface area contributed by atoms with E-state index in [1.165, 1.54) is 5.57 Å². The van der Waals surface area contributed by atoms with Crippen LogP contribution in [0.2, 0.25) is 0 Å². The Kier molecular flexibility index (Phi) is 9.46. The number of allylic oxidation sites excluding steroid dienone is 2. The lowest BCUT2D eigenvalue weighted by molar-refractivity contribution is 0.102. The second kappa shape index (κ2) is 13.0. The molecule has 1 amide bonds. The van der Waals surface area contributed by atoms with Crippen LogP contribution in [0.1, 0.15) is 67.9 Å². The van der Waals surface area contributed by atoms with Crippen molar-refractivity contribution in [1.82, 2.24) is 4.90 Å². The fourth-order valence-electron chi connectivity index (χ4n) is 4.66. The van der Waals surface area contributed by atoms with Gasteiger partial charge in [-0.15, -0.1) is 0 Å². The van der Waals surface area contributed by atoms with Crippen LogP contribution < -0.4 is 20.4 Å². The van der Waals surface area contributed by atoms with Crippen LogP contribution in [0.4, 0.5) is 5.69 Å². The van der Waals surface area contributed by atoms with Gasteiger partial charge < -0.3 is 24.1 Å². The average Bonchev–Trinajstić information content (AvgIpc) is 2.91. The van der Waals surface area contributed by atoms with E-state index >= 15 is 0 Å². The van der Waals surface area contributed by atoms with Gasteiger partial charge in [0.05, 0.1) is 6.61 Å². The summed E-state index contributed by atoms with van der Waals surface area (Å²) >= 11 is 0. The van der Waals surface area contributed by atoms with Crippen LogP contribution >= 0.6 is 0 Å². The van der Waals surface area contributed by atoms with E-state index in [0.29, 0.717) is 24.2 Å². The number of carbonyl (C=O) groups excluding carboxylic acids is 1. The Hall–Kier alpha value is -3.58. The largest absolute Gasteiger partial charge is 0.493 e. The Balaban J connectivity index is 1.54. The topological polar surface area (TPSA) is 81.0 Å². The number of hydrogen-bond acceptors (Lipinski definition) is 6. The molecule has 1 saturated heterocycles. The minimum atomic E-state index is -0.598. The Morgan fingerprint density at radius 3 is 2.59 bits per heavy atom. The molecule has 0 aliphatic carbocycles. The van der Waals surface area contributed by atoms with E-state index in [1.54, 1.807) is 12.1 Å². The second-order valence-electron chi connectivity index (χ2n) is 10.6. The SMILES string of the molecule is CCCCOc1ccc(C(=O)Nc2cc3ccc(OC4CCN(C)CC4)c(C)c3oc2=O)cc1CC=C(C)C. The van der Waals surface area contributed by atoms with Crippen LogP contribution in [0.25, 0.3) is 11.0 Å². The lowest BCUT2D eigenvalue weighted by Crippen LogP contribution is -2.35. The predicted octanol–water partition coefficient (Wildman–Crippen LogP) is 6.51. The molecule has 1 aliphatic rings. The summed E-state index contributed by atoms with van der Waals surface area (Å²) in [6.45, 7) is 10.7. The highest BCUT2D eigenvalue weighted by molar-refractivity contribution is 6.05. The van der Waals surface area contributed by atoms with Crippen molar-refractivity contribution in [3.63, 3.8) is 0 Å². The molecule has 1 aliphatic heterocycles. The Morgan fingerprint density at radius 1 is 1.13 bits per heavy atom. The van der Waals surface area contributed by atoms with Crippen molar-refractivity contribution in [2.45, 2.75) is 65.9 Å². The third-order valence-electron chi connectivity index (χ3n) is 7.12. The lowest BCUT2D eigenvalue weighted by atomic mass is 10.0. The number of benzene rings is 2. The standard InChI is InChI=1S/C32H40N2O5/c1-6-7-18-37-29-13-11-25(19-23(29)9-8-21(2)3)31(35)33-27-20-24-10-12-28(22(4)30(24)39-32(27)36)38-26-14-16-34(5)17-15-26/h8,10-13,19-20,26H,6-7,9,14-18H2,1-5H3,(H,33,35). The van der Waals surface area contributed by atoms with Crippen LogP contribution in [0.5, 0.6) is 11.5 Å². The summed E-state index contributed by atoms with van der Waals surface area (Å²) in [4.78, 5) is 28.3. The number of nitrogens with one attached hydrogen (secondary N) is 1. The van der Waals surface area contributed by atoms with Gasteiger partial charge in [0.15, 0.2) is 0 Å². The molecule has 2 aromatic carbocycles. The van der Waals surface area contributed by atoms with Gasteiger partial charge in [0.2, 0.25) is 0 Å². The first kappa shape index (κ1) is 28.4. The average molecular weight is 533 g/mol. The highest BCUT2D eigenvalue weighted by Crippen LogP contribution is 2.30. The molecule has 39 heavy (non-hydrogen) atoms. The summed E-state index contributed by atoms with van der Waals surface area (Å²) in [5.74, 6) is 1.12. The maximum absolute atomic E-state index is 13.2. The normalized spacial score (nSPS) is 14.3. The van der Waals surface area contributed by atoms with Gasteiger partial charge in [0.1, 0.15) is 28.9 Å². The molecule has 7 heteroatoms. The van der Waals surface area contributed by atoms with Crippen molar-refractivity contribution < 1.29 is 18.7 Å².